The smallest absolute Gasteiger partial charge is 0.264 e. The standard InChI is InChI=1S/C20H17N3O3S/c1-25-15-8-6-14(7-9-15)17-18(19(24)21-13-16-5-4-12-26-16)27-20(22-17)23-10-2-3-11-23/h2-12H,13H2,1H3,(H,21,24). The summed E-state index contributed by atoms with van der Waals surface area (Å²) in [7, 11) is 1.62. The van der Waals surface area contributed by atoms with E-state index >= 15 is 0 Å². The van der Waals surface area contributed by atoms with Crippen molar-refractivity contribution in [1.82, 2.24) is 14.9 Å². The quantitative estimate of drug-likeness (QED) is 0.547. The van der Waals surface area contributed by atoms with Crippen LogP contribution >= 0.6 is 11.3 Å². The van der Waals surface area contributed by atoms with E-state index in [1.807, 2.05) is 59.4 Å². The third-order valence-corrected chi connectivity index (χ3v) is 5.08. The molecule has 1 N–H and O–H groups in total. The van der Waals surface area contributed by atoms with E-state index in [4.69, 9.17) is 14.1 Å². The number of hydrogen-bond donors (Lipinski definition) is 1. The average Bonchev–Trinajstić information content (AvgIpc) is 3.47. The van der Waals surface area contributed by atoms with E-state index < -0.39 is 0 Å². The molecule has 0 fully saturated rings. The molecule has 0 aliphatic heterocycles. The van der Waals surface area contributed by atoms with Crippen molar-refractivity contribution in [3.05, 3.63) is 77.8 Å². The van der Waals surface area contributed by atoms with Crippen LogP contribution in [0.2, 0.25) is 0 Å². The first-order valence-corrected chi connectivity index (χ1v) is 9.15. The monoisotopic (exact) mass is 379 g/mol. The van der Waals surface area contributed by atoms with Crippen molar-refractivity contribution < 1.29 is 13.9 Å². The molecule has 0 saturated carbocycles. The lowest BCUT2D eigenvalue weighted by Crippen LogP contribution is -2.22. The van der Waals surface area contributed by atoms with Gasteiger partial charge in [-0.15, -0.1) is 0 Å². The van der Waals surface area contributed by atoms with Crippen LogP contribution in [0.3, 0.4) is 0 Å². The lowest BCUT2D eigenvalue weighted by atomic mass is 10.1. The number of rotatable bonds is 6. The van der Waals surface area contributed by atoms with E-state index in [-0.39, 0.29) is 5.91 Å². The fraction of sp³-hybridized carbons (Fsp3) is 0.100. The summed E-state index contributed by atoms with van der Waals surface area (Å²) in [5.74, 6) is 1.26. The lowest BCUT2D eigenvalue weighted by Gasteiger charge is -2.05. The molecule has 4 rings (SSSR count). The highest BCUT2D eigenvalue weighted by Crippen LogP contribution is 2.31. The van der Waals surface area contributed by atoms with Gasteiger partial charge in [-0.2, -0.15) is 0 Å². The second-order valence-electron chi connectivity index (χ2n) is 5.76. The van der Waals surface area contributed by atoms with Crippen LogP contribution in [0.5, 0.6) is 5.75 Å². The SMILES string of the molecule is COc1ccc(-c2nc(-n3cccc3)sc2C(=O)NCc2ccco2)cc1. The minimum Gasteiger partial charge on any atom is -0.497 e. The Labute approximate surface area is 160 Å². The molecule has 7 heteroatoms. The van der Waals surface area contributed by atoms with Crippen molar-refractivity contribution in [2.45, 2.75) is 6.54 Å². The first-order chi connectivity index (χ1) is 13.2. The molecule has 3 aromatic heterocycles. The van der Waals surface area contributed by atoms with E-state index in [2.05, 4.69) is 5.32 Å². The van der Waals surface area contributed by atoms with Gasteiger partial charge in [0, 0.05) is 18.0 Å². The van der Waals surface area contributed by atoms with Gasteiger partial charge in [0.25, 0.3) is 5.91 Å². The fourth-order valence-corrected chi connectivity index (χ4v) is 3.61. The highest BCUT2D eigenvalue weighted by atomic mass is 32.1. The molecule has 0 bridgehead atoms. The third kappa shape index (κ3) is 3.63. The summed E-state index contributed by atoms with van der Waals surface area (Å²) in [5, 5.41) is 3.63. The van der Waals surface area contributed by atoms with Gasteiger partial charge in [0.05, 0.1) is 25.6 Å². The number of nitrogens with one attached hydrogen (secondary N) is 1. The number of benzene rings is 1. The van der Waals surface area contributed by atoms with E-state index in [1.165, 1.54) is 11.3 Å². The summed E-state index contributed by atoms with van der Waals surface area (Å²) >= 11 is 1.35. The molecule has 136 valence electrons. The third-order valence-electron chi connectivity index (χ3n) is 4.01. The molecule has 0 aliphatic rings. The van der Waals surface area contributed by atoms with Crippen molar-refractivity contribution in [2.24, 2.45) is 0 Å². The highest BCUT2D eigenvalue weighted by Gasteiger charge is 2.20. The minimum absolute atomic E-state index is 0.187. The topological polar surface area (TPSA) is 69.3 Å². The molecule has 4 aromatic rings. The number of hydrogen-bond acceptors (Lipinski definition) is 5. The molecular weight excluding hydrogens is 362 g/mol. The Kier molecular flexibility index (Phi) is 4.76. The molecule has 6 nitrogen and oxygen atoms in total. The number of methoxy groups -OCH3 is 1. The van der Waals surface area contributed by atoms with Gasteiger partial charge in [0.2, 0.25) is 0 Å². The Morgan fingerprint density at radius 1 is 1.19 bits per heavy atom. The van der Waals surface area contributed by atoms with Crippen LogP contribution in [0.25, 0.3) is 16.4 Å². The van der Waals surface area contributed by atoms with Gasteiger partial charge in [-0.25, -0.2) is 4.98 Å². The second kappa shape index (κ2) is 7.51. The number of carbonyl (C=O) groups is 1. The zero-order valence-corrected chi connectivity index (χ0v) is 15.4. The van der Waals surface area contributed by atoms with Crippen LogP contribution in [-0.4, -0.2) is 22.6 Å². The molecular formula is C20H17N3O3S. The average molecular weight is 379 g/mol. The zero-order chi connectivity index (χ0) is 18.6. The van der Waals surface area contributed by atoms with Crippen LogP contribution in [0.1, 0.15) is 15.4 Å². The van der Waals surface area contributed by atoms with Crippen LogP contribution in [-0.2, 0) is 6.54 Å². The minimum atomic E-state index is -0.187. The zero-order valence-electron chi connectivity index (χ0n) is 14.6. The summed E-state index contributed by atoms with van der Waals surface area (Å²) in [4.78, 5) is 18.1. The predicted molar refractivity (Wildman–Crippen MR) is 103 cm³/mol. The van der Waals surface area contributed by atoms with Crippen LogP contribution in [0.4, 0.5) is 0 Å². The van der Waals surface area contributed by atoms with E-state index in [9.17, 15) is 4.79 Å². The van der Waals surface area contributed by atoms with Crippen molar-refractivity contribution in [3.63, 3.8) is 0 Å². The van der Waals surface area contributed by atoms with Gasteiger partial charge >= 0.3 is 0 Å². The molecule has 0 unspecified atom stereocenters. The summed E-state index contributed by atoms with van der Waals surface area (Å²) < 4.78 is 12.4. The fourth-order valence-electron chi connectivity index (χ4n) is 2.64. The summed E-state index contributed by atoms with van der Waals surface area (Å²) in [6, 6.07) is 15.0. The molecule has 0 aliphatic carbocycles. The molecule has 3 heterocycles. The number of furan rings is 1. The molecule has 0 spiro atoms. The number of ether oxygens (including phenoxy) is 1. The number of thiazole rings is 1. The Hall–Kier alpha value is -3.32. The molecule has 0 radical (unpaired) electrons. The molecule has 1 aromatic carbocycles. The summed E-state index contributed by atoms with van der Waals surface area (Å²) in [5.41, 5.74) is 1.50. The maximum absolute atomic E-state index is 12.8. The second-order valence-corrected chi connectivity index (χ2v) is 6.73. The van der Waals surface area contributed by atoms with E-state index in [1.54, 1.807) is 19.4 Å². The molecule has 27 heavy (non-hydrogen) atoms. The van der Waals surface area contributed by atoms with Gasteiger partial charge in [0.15, 0.2) is 5.13 Å². The van der Waals surface area contributed by atoms with E-state index in [0.29, 0.717) is 22.9 Å². The van der Waals surface area contributed by atoms with Gasteiger partial charge < -0.3 is 19.0 Å². The number of amides is 1. The highest BCUT2D eigenvalue weighted by molar-refractivity contribution is 7.16. The normalized spacial score (nSPS) is 10.7. The largest absolute Gasteiger partial charge is 0.497 e. The van der Waals surface area contributed by atoms with Gasteiger partial charge in [-0.1, -0.05) is 11.3 Å². The van der Waals surface area contributed by atoms with Crippen molar-refractivity contribution in [3.8, 4) is 22.1 Å². The van der Waals surface area contributed by atoms with Crippen LogP contribution in [0, 0.1) is 0 Å². The maximum atomic E-state index is 12.8. The molecule has 1 amide bonds. The van der Waals surface area contributed by atoms with Crippen LogP contribution < -0.4 is 10.1 Å². The maximum Gasteiger partial charge on any atom is 0.264 e. The van der Waals surface area contributed by atoms with Crippen molar-refractivity contribution in [1.29, 1.82) is 0 Å². The number of nitrogens with zero attached hydrogens (tertiary/aromatic N) is 2. The molecule has 0 saturated heterocycles. The van der Waals surface area contributed by atoms with Gasteiger partial charge in [0.1, 0.15) is 16.4 Å². The van der Waals surface area contributed by atoms with Crippen LogP contribution in [0.15, 0.2) is 71.6 Å². The number of carbonyl (C=O) groups excluding carboxylic acids is 1. The first kappa shape index (κ1) is 17.1. The number of aromatic nitrogens is 2. The van der Waals surface area contributed by atoms with Crippen molar-refractivity contribution in [2.75, 3.05) is 7.11 Å². The van der Waals surface area contributed by atoms with Crippen molar-refractivity contribution >= 4 is 17.2 Å². The summed E-state index contributed by atoms with van der Waals surface area (Å²) in [6.45, 7) is 0.324. The first-order valence-electron chi connectivity index (χ1n) is 8.34. The lowest BCUT2D eigenvalue weighted by molar-refractivity contribution is 0.0952. The van der Waals surface area contributed by atoms with Gasteiger partial charge in [-0.05, 0) is 48.5 Å². The Morgan fingerprint density at radius 2 is 1.96 bits per heavy atom. The Morgan fingerprint density at radius 3 is 2.63 bits per heavy atom. The van der Waals surface area contributed by atoms with Gasteiger partial charge in [-0.3, -0.25) is 4.79 Å². The summed E-state index contributed by atoms with van der Waals surface area (Å²) in [6.07, 6.45) is 5.39. The Balaban J connectivity index is 1.68. The van der Waals surface area contributed by atoms with E-state index in [0.717, 1.165) is 16.4 Å². The predicted octanol–water partition coefficient (Wildman–Crippen LogP) is 4.13. The molecule has 0 atom stereocenters. The Bertz CT molecular complexity index is 1020.